The van der Waals surface area contributed by atoms with Gasteiger partial charge in [0.15, 0.2) is 0 Å². The molecule has 1 amide bonds. The van der Waals surface area contributed by atoms with E-state index in [0.29, 0.717) is 30.2 Å². The Balaban J connectivity index is 2.24. The fourth-order valence-electron chi connectivity index (χ4n) is 3.84. The van der Waals surface area contributed by atoms with Crippen molar-refractivity contribution in [2.24, 2.45) is 5.92 Å². The van der Waals surface area contributed by atoms with Gasteiger partial charge in [-0.25, -0.2) is 0 Å². The van der Waals surface area contributed by atoms with E-state index < -0.39 is 5.97 Å². The molecule has 2 rings (SSSR count). The maximum atomic E-state index is 12.6. The van der Waals surface area contributed by atoms with Gasteiger partial charge in [-0.2, -0.15) is 0 Å². The summed E-state index contributed by atoms with van der Waals surface area (Å²) in [6, 6.07) is 14.8. The molecule has 0 aliphatic rings. The number of carboxylic acids is 1. The summed E-state index contributed by atoms with van der Waals surface area (Å²) < 4.78 is 5.60. The van der Waals surface area contributed by atoms with Crippen LogP contribution in [-0.2, 0) is 4.79 Å². The molecule has 0 saturated heterocycles. The van der Waals surface area contributed by atoms with Gasteiger partial charge in [-0.15, -0.1) is 0 Å². The Morgan fingerprint density at radius 1 is 1.11 bits per heavy atom. The summed E-state index contributed by atoms with van der Waals surface area (Å²) >= 11 is 0. The third-order valence-corrected chi connectivity index (χ3v) is 5.80. The molecular formula is C29H40N4O4. The second-order valence-corrected chi connectivity index (χ2v) is 9.31. The molecule has 200 valence electrons. The summed E-state index contributed by atoms with van der Waals surface area (Å²) in [5.41, 5.74) is 3.62. The predicted octanol–water partition coefficient (Wildman–Crippen LogP) is 5.88. The van der Waals surface area contributed by atoms with Gasteiger partial charge < -0.3 is 30.8 Å². The molecule has 37 heavy (non-hydrogen) atoms. The lowest BCUT2D eigenvalue weighted by atomic mass is 9.93. The van der Waals surface area contributed by atoms with Crippen molar-refractivity contribution in [2.45, 2.75) is 53.0 Å². The zero-order valence-electron chi connectivity index (χ0n) is 22.5. The minimum Gasteiger partial charge on any atom is -0.494 e. The topological polar surface area (TPSA) is 115 Å². The fourth-order valence-corrected chi connectivity index (χ4v) is 3.84. The Hall–Kier alpha value is -3.81. The van der Waals surface area contributed by atoms with E-state index >= 15 is 0 Å². The second-order valence-electron chi connectivity index (χ2n) is 9.31. The van der Waals surface area contributed by atoms with Crippen molar-refractivity contribution in [1.29, 1.82) is 5.41 Å². The Bertz CT molecular complexity index is 1080. The number of benzene rings is 2. The quantitative estimate of drug-likeness (QED) is 0.223. The van der Waals surface area contributed by atoms with Crippen LogP contribution >= 0.6 is 0 Å². The number of carbonyl (C=O) groups excluding carboxylic acids is 1. The van der Waals surface area contributed by atoms with E-state index in [-0.39, 0.29) is 24.9 Å². The van der Waals surface area contributed by atoms with Crippen LogP contribution in [0.3, 0.4) is 0 Å². The van der Waals surface area contributed by atoms with Gasteiger partial charge in [-0.1, -0.05) is 26.8 Å². The molecule has 2 aromatic carbocycles. The molecule has 4 N–H and O–H groups in total. The van der Waals surface area contributed by atoms with Gasteiger partial charge in [0, 0.05) is 54.1 Å². The van der Waals surface area contributed by atoms with Gasteiger partial charge in [0.05, 0.1) is 19.1 Å². The highest BCUT2D eigenvalue weighted by molar-refractivity contribution is 5.99. The molecule has 0 aliphatic carbocycles. The Kier molecular flexibility index (Phi) is 11.7. The summed E-state index contributed by atoms with van der Waals surface area (Å²) in [5, 5.41) is 24.4. The molecule has 0 aromatic heterocycles. The van der Waals surface area contributed by atoms with E-state index in [1.165, 1.54) is 4.90 Å². The van der Waals surface area contributed by atoms with Gasteiger partial charge in [0.25, 0.3) is 5.91 Å². The molecule has 0 radical (unpaired) electrons. The zero-order chi connectivity index (χ0) is 27.4. The van der Waals surface area contributed by atoms with Crippen molar-refractivity contribution in [3.8, 4) is 5.75 Å². The molecule has 0 saturated carbocycles. The third-order valence-electron chi connectivity index (χ3n) is 5.80. The van der Waals surface area contributed by atoms with Crippen molar-refractivity contribution in [2.75, 3.05) is 30.8 Å². The highest BCUT2D eigenvalue weighted by Crippen LogP contribution is 2.23. The molecular weight excluding hydrogens is 468 g/mol. The minimum atomic E-state index is -0.937. The molecule has 0 fully saturated rings. The van der Waals surface area contributed by atoms with Crippen LogP contribution in [0.2, 0.25) is 0 Å². The van der Waals surface area contributed by atoms with Crippen LogP contribution in [0.15, 0.2) is 60.3 Å². The van der Waals surface area contributed by atoms with Crippen LogP contribution in [0.25, 0.3) is 0 Å². The molecule has 2 aromatic rings. The number of ether oxygens (including phenoxy) is 1. The third kappa shape index (κ3) is 9.63. The average molecular weight is 509 g/mol. The standard InChI is InChI=1S/C29H40N4O4/c1-6-26(30)25(19-31-23-9-8-10-24(18-23)37-7-2)27(17-20(3)4)32-22-13-11-21(12-14-22)29(36)33(5)16-15-28(34)35/h8-14,18-20,27,30-32H,6-7,15-17H2,1-5H3,(H,34,35)/b25-19+,30-26?. The van der Waals surface area contributed by atoms with E-state index in [4.69, 9.17) is 15.3 Å². The first-order chi connectivity index (χ1) is 17.6. The van der Waals surface area contributed by atoms with Crippen LogP contribution < -0.4 is 15.4 Å². The largest absolute Gasteiger partial charge is 0.494 e. The van der Waals surface area contributed by atoms with Crippen molar-refractivity contribution < 1.29 is 19.4 Å². The number of rotatable bonds is 15. The Labute approximate surface area is 220 Å². The van der Waals surface area contributed by atoms with Gasteiger partial charge in [0.2, 0.25) is 0 Å². The molecule has 8 nitrogen and oxygen atoms in total. The number of nitrogens with zero attached hydrogens (tertiary/aromatic N) is 1. The maximum Gasteiger partial charge on any atom is 0.305 e. The first-order valence-corrected chi connectivity index (χ1v) is 12.8. The summed E-state index contributed by atoms with van der Waals surface area (Å²) in [4.78, 5) is 24.8. The number of amides is 1. The Morgan fingerprint density at radius 3 is 2.41 bits per heavy atom. The lowest BCUT2D eigenvalue weighted by molar-refractivity contribution is -0.137. The summed E-state index contributed by atoms with van der Waals surface area (Å²) in [7, 11) is 1.60. The number of carboxylic acid groups (broad SMARTS) is 1. The average Bonchev–Trinajstić information content (AvgIpc) is 2.87. The number of anilines is 2. The molecule has 1 unspecified atom stereocenters. The number of hydrogen-bond acceptors (Lipinski definition) is 6. The lowest BCUT2D eigenvalue weighted by Crippen LogP contribution is -2.29. The van der Waals surface area contributed by atoms with Crippen LogP contribution in [0.1, 0.15) is 57.3 Å². The molecule has 0 bridgehead atoms. The SMILES string of the molecule is CCOc1cccc(N/C=C(\C(=N)CC)C(CC(C)C)Nc2ccc(C(=O)N(C)CCC(=O)O)cc2)c1. The molecule has 8 heteroatoms. The smallest absolute Gasteiger partial charge is 0.305 e. The van der Waals surface area contributed by atoms with Gasteiger partial charge in [0.1, 0.15) is 5.75 Å². The zero-order valence-corrected chi connectivity index (χ0v) is 22.5. The summed E-state index contributed by atoms with van der Waals surface area (Å²) in [6.45, 7) is 8.96. The van der Waals surface area contributed by atoms with Gasteiger partial charge >= 0.3 is 5.97 Å². The first-order valence-electron chi connectivity index (χ1n) is 12.8. The van der Waals surface area contributed by atoms with Crippen molar-refractivity contribution in [3.05, 3.63) is 65.9 Å². The molecule has 0 heterocycles. The number of aliphatic carboxylic acids is 1. The van der Waals surface area contributed by atoms with Crippen LogP contribution in [-0.4, -0.2) is 53.8 Å². The molecule has 0 spiro atoms. The highest BCUT2D eigenvalue weighted by atomic mass is 16.5. The van der Waals surface area contributed by atoms with Crippen LogP contribution in [0, 0.1) is 11.3 Å². The number of nitrogens with one attached hydrogen (secondary N) is 3. The molecule has 1 atom stereocenters. The number of carbonyl (C=O) groups is 2. The van der Waals surface area contributed by atoms with Crippen LogP contribution in [0.5, 0.6) is 5.75 Å². The van der Waals surface area contributed by atoms with E-state index in [9.17, 15) is 9.59 Å². The summed E-state index contributed by atoms with van der Waals surface area (Å²) in [6.07, 6.45) is 3.21. The number of hydrogen-bond donors (Lipinski definition) is 4. The summed E-state index contributed by atoms with van der Waals surface area (Å²) in [5.74, 6) is 0.00966. The van der Waals surface area contributed by atoms with E-state index in [0.717, 1.165) is 29.1 Å². The first kappa shape index (κ1) is 29.4. The Morgan fingerprint density at radius 2 is 1.81 bits per heavy atom. The maximum absolute atomic E-state index is 12.6. The van der Waals surface area contributed by atoms with E-state index in [2.05, 4.69) is 24.5 Å². The highest BCUT2D eigenvalue weighted by Gasteiger charge is 2.20. The predicted molar refractivity (Wildman–Crippen MR) is 150 cm³/mol. The molecule has 0 aliphatic heterocycles. The fraction of sp³-hybridized carbons (Fsp3) is 0.414. The van der Waals surface area contributed by atoms with Crippen molar-refractivity contribution in [3.63, 3.8) is 0 Å². The second kappa shape index (κ2) is 14.7. The monoisotopic (exact) mass is 508 g/mol. The minimum absolute atomic E-state index is 0.0960. The van der Waals surface area contributed by atoms with Gasteiger partial charge in [-0.3, -0.25) is 9.59 Å². The van der Waals surface area contributed by atoms with E-state index in [1.807, 2.05) is 56.4 Å². The van der Waals surface area contributed by atoms with Gasteiger partial charge in [-0.05, 0) is 62.1 Å². The normalized spacial score (nSPS) is 12.1. The lowest BCUT2D eigenvalue weighted by Gasteiger charge is -2.25. The van der Waals surface area contributed by atoms with Crippen molar-refractivity contribution >= 4 is 29.0 Å². The van der Waals surface area contributed by atoms with E-state index in [1.54, 1.807) is 19.2 Å². The van der Waals surface area contributed by atoms with Crippen molar-refractivity contribution in [1.82, 2.24) is 4.90 Å². The van der Waals surface area contributed by atoms with Crippen LogP contribution in [0.4, 0.5) is 11.4 Å².